The van der Waals surface area contributed by atoms with Gasteiger partial charge in [-0.3, -0.25) is 14.2 Å². The predicted octanol–water partition coefficient (Wildman–Crippen LogP) is 3.09. The Hall–Kier alpha value is -4.55. The van der Waals surface area contributed by atoms with Gasteiger partial charge in [0.1, 0.15) is 11.8 Å². The summed E-state index contributed by atoms with van der Waals surface area (Å²) in [6.45, 7) is 0.266. The number of benzene rings is 2. The normalized spacial score (nSPS) is 16.8. The summed E-state index contributed by atoms with van der Waals surface area (Å²) in [7, 11) is 3.04. The van der Waals surface area contributed by atoms with E-state index in [0.29, 0.717) is 34.8 Å². The average molecular weight is 487 g/mol. The van der Waals surface area contributed by atoms with Crippen molar-refractivity contribution in [2.45, 2.75) is 18.6 Å². The number of likely N-dealkylation sites (tertiary alicyclic amines) is 1. The second-order valence-corrected chi connectivity index (χ2v) is 8.20. The van der Waals surface area contributed by atoms with E-state index in [-0.39, 0.29) is 24.1 Å². The van der Waals surface area contributed by atoms with Crippen molar-refractivity contribution in [3.05, 3.63) is 82.8 Å². The predicted molar refractivity (Wildman–Crippen MR) is 137 cm³/mol. The monoisotopic (exact) mass is 486 g/mol. The van der Waals surface area contributed by atoms with Crippen LogP contribution in [0.15, 0.2) is 71.7 Å². The van der Waals surface area contributed by atoms with Crippen molar-refractivity contribution in [3.63, 3.8) is 0 Å². The molecule has 1 aliphatic rings. The van der Waals surface area contributed by atoms with Crippen LogP contribution in [0, 0.1) is 12.3 Å². The first-order chi connectivity index (χ1) is 17.4. The largest absolute Gasteiger partial charge is 0.494 e. The third-order valence-electron chi connectivity index (χ3n) is 5.99. The van der Waals surface area contributed by atoms with E-state index in [1.54, 1.807) is 67.9 Å². The van der Waals surface area contributed by atoms with Crippen LogP contribution < -0.4 is 20.9 Å². The number of rotatable bonds is 6. The Kier molecular flexibility index (Phi) is 7.37. The van der Waals surface area contributed by atoms with Gasteiger partial charge in [0.2, 0.25) is 5.91 Å². The quantitative estimate of drug-likeness (QED) is 0.522. The number of carbonyl (C=O) groups is 2. The van der Waals surface area contributed by atoms with Crippen molar-refractivity contribution in [3.8, 4) is 23.8 Å². The van der Waals surface area contributed by atoms with Crippen LogP contribution in [-0.4, -0.2) is 54.3 Å². The molecular weight excluding hydrogens is 460 g/mol. The van der Waals surface area contributed by atoms with Crippen LogP contribution >= 0.6 is 0 Å². The van der Waals surface area contributed by atoms with Gasteiger partial charge in [-0.2, -0.15) is 0 Å². The zero-order valence-electron chi connectivity index (χ0n) is 19.9. The van der Waals surface area contributed by atoms with Crippen LogP contribution in [0.5, 0.6) is 5.75 Å². The van der Waals surface area contributed by atoms with Gasteiger partial charge in [-0.15, -0.1) is 6.42 Å². The minimum atomic E-state index is -0.748. The first-order valence-corrected chi connectivity index (χ1v) is 11.3. The van der Waals surface area contributed by atoms with Crippen molar-refractivity contribution in [2.75, 3.05) is 31.4 Å². The minimum Gasteiger partial charge on any atom is -0.494 e. The number of ether oxygens (including phenoxy) is 2. The third-order valence-corrected chi connectivity index (χ3v) is 5.99. The van der Waals surface area contributed by atoms with Gasteiger partial charge in [0.15, 0.2) is 0 Å². The average Bonchev–Trinajstić information content (AvgIpc) is 3.35. The summed E-state index contributed by atoms with van der Waals surface area (Å²) in [6, 6.07) is 15.5. The summed E-state index contributed by atoms with van der Waals surface area (Å²) in [5.41, 5.74) is 2.06. The summed E-state index contributed by atoms with van der Waals surface area (Å²) in [6.07, 6.45) is 7.09. The molecule has 1 aromatic heterocycles. The van der Waals surface area contributed by atoms with E-state index in [1.807, 2.05) is 0 Å². The van der Waals surface area contributed by atoms with E-state index in [1.165, 1.54) is 22.6 Å². The molecule has 0 unspecified atom stereocenters. The van der Waals surface area contributed by atoms with Crippen molar-refractivity contribution in [2.24, 2.45) is 0 Å². The van der Waals surface area contributed by atoms with Crippen molar-refractivity contribution < 1.29 is 19.1 Å². The van der Waals surface area contributed by atoms with Crippen molar-refractivity contribution >= 4 is 23.3 Å². The van der Waals surface area contributed by atoms with Gasteiger partial charge in [-0.05, 0) is 42.5 Å². The third kappa shape index (κ3) is 5.24. The smallest absolute Gasteiger partial charge is 0.322 e. The number of methoxy groups -OCH3 is 2. The molecular formula is C27H26N4O5. The topological polar surface area (TPSA) is 102 Å². The fourth-order valence-corrected chi connectivity index (χ4v) is 4.09. The lowest BCUT2D eigenvalue weighted by atomic mass is 10.1. The molecule has 0 spiro atoms. The summed E-state index contributed by atoms with van der Waals surface area (Å²) < 4.78 is 12.4. The highest BCUT2D eigenvalue weighted by Gasteiger charge is 2.40. The number of nitrogens with one attached hydrogen (secondary N) is 2. The molecule has 3 aromatic rings. The van der Waals surface area contributed by atoms with Crippen LogP contribution in [0.4, 0.5) is 16.2 Å². The van der Waals surface area contributed by atoms with Gasteiger partial charge in [-0.25, -0.2) is 4.79 Å². The Balaban J connectivity index is 1.51. The molecule has 184 valence electrons. The number of nitrogens with zero attached hydrogens (tertiary/aromatic N) is 2. The van der Waals surface area contributed by atoms with Gasteiger partial charge in [-0.1, -0.05) is 12.0 Å². The van der Waals surface area contributed by atoms with E-state index in [4.69, 9.17) is 15.9 Å². The Labute approximate surface area is 208 Å². The summed E-state index contributed by atoms with van der Waals surface area (Å²) in [5, 5.41) is 5.66. The number of carbonyl (C=O) groups excluding carboxylic acids is 2. The summed E-state index contributed by atoms with van der Waals surface area (Å²) >= 11 is 0. The highest BCUT2D eigenvalue weighted by atomic mass is 16.5. The maximum atomic E-state index is 13.2. The Morgan fingerprint density at radius 3 is 2.44 bits per heavy atom. The van der Waals surface area contributed by atoms with Gasteiger partial charge < -0.3 is 25.0 Å². The molecule has 2 atom stereocenters. The fourth-order valence-electron chi connectivity index (χ4n) is 4.09. The minimum absolute atomic E-state index is 0.209. The van der Waals surface area contributed by atoms with E-state index in [9.17, 15) is 14.4 Å². The maximum Gasteiger partial charge on any atom is 0.322 e. The highest BCUT2D eigenvalue weighted by molar-refractivity contribution is 6.00. The second-order valence-electron chi connectivity index (χ2n) is 8.20. The molecule has 2 heterocycles. The molecule has 2 aromatic carbocycles. The number of urea groups is 1. The lowest BCUT2D eigenvalue weighted by molar-refractivity contribution is -0.119. The molecule has 9 heteroatoms. The molecule has 4 rings (SSSR count). The number of amides is 3. The number of hydrogen-bond donors (Lipinski definition) is 2. The molecule has 1 aliphatic heterocycles. The number of terminal acetylenes is 1. The second kappa shape index (κ2) is 10.8. The number of anilines is 2. The molecule has 0 aliphatic carbocycles. The van der Waals surface area contributed by atoms with Crippen LogP contribution in [-0.2, 0) is 9.53 Å². The summed E-state index contributed by atoms with van der Waals surface area (Å²) in [4.78, 5) is 39.9. The van der Waals surface area contributed by atoms with E-state index in [2.05, 4.69) is 16.6 Å². The van der Waals surface area contributed by atoms with E-state index < -0.39 is 12.1 Å². The lowest BCUT2D eigenvalue weighted by Crippen LogP contribution is -2.45. The van der Waals surface area contributed by atoms with Gasteiger partial charge in [0.25, 0.3) is 5.56 Å². The van der Waals surface area contributed by atoms with Crippen LogP contribution in [0.1, 0.15) is 12.0 Å². The van der Waals surface area contributed by atoms with E-state index in [0.717, 1.165) is 0 Å². The molecule has 2 N–H and O–H groups in total. The van der Waals surface area contributed by atoms with E-state index >= 15 is 0 Å². The molecule has 1 saturated heterocycles. The Bertz CT molecular complexity index is 1360. The number of aromatic nitrogens is 1. The maximum absolute atomic E-state index is 13.2. The lowest BCUT2D eigenvalue weighted by Gasteiger charge is -2.24. The van der Waals surface area contributed by atoms with Gasteiger partial charge >= 0.3 is 6.03 Å². The molecule has 9 nitrogen and oxygen atoms in total. The summed E-state index contributed by atoms with van der Waals surface area (Å²) in [5.74, 6) is 2.57. The molecule has 0 bridgehead atoms. The molecule has 0 saturated carbocycles. The first-order valence-electron chi connectivity index (χ1n) is 11.3. The highest BCUT2D eigenvalue weighted by Crippen LogP contribution is 2.28. The van der Waals surface area contributed by atoms with Crippen LogP contribution in [0.3, 0.4) is 0 Å². The molecule has 1 fully saturated rings. The molecule has 0 radical (unpaired) electrons. The van der Waals surface area contributed by atoms with Crippen LogP contribution in [0.25, 0.3) is 5.69 Å². The number of hydrogen-bond acceptors (Lipinski definition) is 5. The van der Waals surface area contributed by atoms with Gasteiger partial charge in [0, 0.05) is 55.3 Å². The fraction of sp³-hybridized carbons (Fsp3) is 0.222. The molecule has 3 amide bonds. The molecule has 36 heavy (non-hydrogen) atoms. The van der Waals surface area contributed by atoms with Crippen molar-refractivity contribution in [1.82, 2.24) is 9.47 Å². The zero-order chi connectivity index (χ0) is 25.7. The Morgan fingerprint density at radius 1 is 1.03 bits per heavy atom. The zero-order valence-corrected chi connectivity index (χ0v) is 19.9. The van der Waals surface area contributed by atoms with Crippen molar-refractivity contribution in [1.29, 1.82) is 0 Å². The number of pyridine rings is 1. The first kappa shape index (κ1) is 24.6. The Morgan fingerprint density at radius 2 is 1.78 bits per heavy atom. The van der Waals surface area contributed by atoms with Gasteiger partial charge in [0.05, 0.1) is 18.9 Å². The SMILES string of the molecule is C#Cc1ccc(NC(=O)N2C[C@H](OC)C[C@@H]2C(=O)Nc2ccc(-n3ccccc3=O)c(OC)c2)cc1. The standard InChI is InChI=1S/C27H26N4O5/c1-4-18-8-10-19(11-9-18)29-27(34)31-17-21(35-2)16-23(31)26(33)28-20-12-13-22(24(15-20)36-3)30-14-6-5-7-25(30)32/h1,5-15,21,23H,16-17H2,2-3H3,(H,28,33)(H,29,34)/t21-,23-/m1/s1. The van der Waals surface area contributed by atoms with Crippen LogP contribution in [0.2, 0.25) is 0 Å².